The average Bonchev–Trinajstić information content (AvgIpc) is 2.09. The van der Waals surface area contributed by atoms with Gasteiger partial charge in [0.15, 0.2) is 0 Å². The molecule has 0 fully saturated rings. The predicted molar refractivity (Wildman–Crippen MR) is 49.3 cm³/mol. The normalized spacial score (nSPS) is 13.2. The zero-order valence-electron chi connectivity index (χ0n) is 7.97. The Balaban J connectivity index is 3.02. The van der Waals surface area contributed by atoms with Crippen LogP contribution >= 0.6 is 0 Å². The van der Waals surface area contributed by atoms with Crippen LogP contribution in [-0.2, 0) is 4.74 Å². The van der Waals surface area contributed by atoms with Crippen LogP contribution in [0.2, 0.25) is 0 Å². The zero-order valence-corrected chi connectivity index (χ0v) is 7.97. The molecule has 4 nitrogen and oxygen atoms in total. The van der Waals surface area contributed by atoms with Crippen LogP contribution in [0.3, 0.4) is 0 Å². The van der Waals surface area contributed by atoms with Crippen molar-refractivity contribution >= 4 is 0 Å². The SMILES string of the molecule is CCNCC(O)COCCNC. The Morgan fingerprint density at radius 3 is 2.83 bits per heavy atom. The molecule has 12 heavy (non-hydrogen) atoms. The summed E-state index contributed by atoms with van der Waals surface area (Å²) in [5, 5.41) is 15.3. The van der Waals surface area contributed by atoms with Gasteiger partial charge in [0.05, 0.1) is 19.3 Å². The first-order valence-electron chi connectivity index (χ1n) is 4.42. The molecular formula is C8H20N2O2. The highest BCUT2D eigenvalue weighted by atomic mass is 16.5. The fourth-order valence-corrected chi connectivity index (χ4v) is 0.763. The first-order valence-corrected chi connectivity index (χ1v) is 4.42. The maximum Gasteiger partial charge on any atom is 0.0897 e. The Labute approximate surface area is 74.3 Å². The van der Waals surface area contributed by atoms with Gasteiger partial charge in [0.2, 0.25) is 0 Å². The highest BCUT2D eigenvalue weighted by Crippen LogP contribution is 1.82. The molecule has 74 valence electrons. The van der Waals surface area contributed by atoms with Gasteiger partial charge in [-0.05, 0) is 13.6 Å². The monoisotopic (exact) mass is 176 g/mol. The summed E-state index contributed by atoms with van der Waals surface area (Å²) in [6, 6.07) is 0. The topological polar surface area (TPSA) is 53.5 Å². The molecule has 1 atom stereocenters. The summed E-state index contributed by atoms with van der Waals surface area (Å²) in [4.78, 5) is 0. The third-order valence-electron chi connectivity index (χ3n) is 1.44. The van der Waals surface area contributed by atoms with Gasteiger partial charge in [-0.3, -0.25) is 0 Å². The van der Waals surface area contributed by atoms with Crippen LogP contribution in [0.15, 0.2) is 0 Å². The molecule has 0 saturated heterocycles. The molecule has 0 bridgehead atoms. The lowest BCUT2D eigenvalue weighted by Gasteiger charge is -2.10. The van der Waals surface area contributed by atoms with Crippen molar-refractivity contribution in [1.82, 2.24) is 10.6 Å². The highest BCUT2D eigenvalue weighted by Gasteiger charge is 2.01. The minimum absolute atomic E-state index is 0.387. The van der Waals surface area contributed by atoms with E-state index >= 15 is 0 Å². The molecule has 0 aromatic carbocycles. The maximum atomic E-state index is 9.27. The van der Waals surface area contributed by atoms with Crippen molar-refractivity contribution in [3.8, 4) is 0 Å². The number of likely N-dealkylation sites (N-methyl/N-ethyl adjacent to an activating group) is 2. The van der Waals surface area contributed by atoms with E-state index in [0.29, 0.717) is 19.8 Å². The van der Waals surface area contributed by atoms with Crippen LogP contribution in [0.4, 0.5) is 0 Å². The van der Waals surface area contributed by atoms with Crippen LogP contribution < -0.4 is 10.6 Å². The van der Waals surface area contributed by atoms with Gasteiger partial charge in [-0.2, -0.15) is 0 Å². The Morgan fingerprint density at radius 1 is 1.50 bits per heavy atom. The van der Waals surface area contributed by atoms with Crippen molar-refractivity contribution in [3.05, 3.63) is 0 Å². The first-order chi connectivity index (χ1) is 5.81. The number of aliphatic hydroxyl groups excluding tert-OH is 1. The molecule has 0 aliphatic heterocycles. The molecule has 0 aromatic rings. The number of hydrogen-bond acceptors (Lipinski definition) is 4. The summed E-state index contributed by atoms with van der Waals surface area (Å²) in [6.07, 6.45) is -0.387. The Hall–Kier alpha value is -0.160. The molecule has 0 amide bonds. The van der Waals surface area contributed by atoms with Gasteiger partial charge in [0, 0.05) is 13.1 Å². The van der Waals surface area contributed by atoms with Crippen molar-refractivity contribution in [2.75, 3.05) is 39.9 Å². The fraction of sp³-hybridized carbons (Fsp3) is 1.00. The molecule has 0 aliphatic rings. The maximum absolute atomic E-state index is 9.27. The lowest BCUT2D eigenvalue weighted by molar-refractivity contribution is 0.0391. The largest absolute Gasteiger partial charge is 0.389 e. The third kappa shape index (κ3) is 7.94. The highest BCUT2D eigenvalue weighted by molar-refractivity contribution is 4.56. The summed E-state index contributed by atoms with van der Waals surface area (Å²) in [7, 11) is 1.87. The van der Waals surface area contributed by atoms with Gasteiger partial charge in [-0.15, -0.1) is 0 Å². The van der Waals surface area contributed by atoms with E-state index in [1.807, 2.05) is 14.0 Å². The Bertz CT molecular complexity index is 91.1. The van der Waals surface area contributed by atoms with Gasteiger partial charge in [-0.25, -0.2) is 0 Å². The molecule has 3 N–H and O–H groups in total. The smallest absolute Gasteiger partial charge is 0.0897 e. The van der Waals surface area contributed by atoms with Gasteiger partial charge in [0.1, 0.15) is 0 Å². The summed E-state index contributed by atoms with van der Waals surface area (Å²) in [5.41, 5.74) is 0. The number of hydrogen-bond donors (Lipinski definition) is 3. The lowest BCUT2D eigenvalue weighted by atomic mass is 10.4. The van der Waals surface area contributed by atoms with E-state index in [1.165, 1.54) is 0 Å². The third-order valence-corrected chi connectivity index (χ3v) is 1.44. The minimum atomic E-state index is -0.387. The van der Waals surface area contributed by atoms with Crippen molar-refractivity contribution in [3.63, 3.8) is 0 Å². The van der Waals surface area contributed by atoms with Crippen LogP contribution in [0.1, 0.15) is 6.92 Å². The number of nitrogens with one attached hydrogen (secondary N) is 2. The minimum Gasteiger partial charge on any atom is -0.389 e. The summed E-state index contributed by atoms with van der Waals surface area (Å²) < 4.78 is 5.18. The molecule has 0 rings (SSSR count). The van der Waals surface area contributed by atoms with Crippen LogP contribution in [0.25, 0.3) is 0 Å². The van der Waals surface area contributed by atoms with Gasteiger partial charge in [-0.1, -0.05) is 6.92 Å². The molecule has 0 spiro atoms. The lowest BCUT2D eigenvalue weighted by Crippen LogP contribution is -2.31. The average molecular weight is 176 g/mol. The van der Waals surface area contributed by atoms with Crippen molar-refractivity contribution < 1.29 is 9.84 Å². The van der Waals surface area contributed by atoms with E-state index in [4.69, 9.17) is 4.74 Å². The fourth-order valence-electron chi connectivity index (χ4n) is 0.763. The summed E-state index contributed by atoms with van der Waals surface area (Å²) in [6.45, 7) is 5.39. The second kappa shape index (κ2) is 8.93. The predicted octanol–water partition coefficient (Wildman–Crippen LogP) is -0.807. The van der Waals surface area contributed by atoms with Gasteiger partial charge < -0.3 is 20.5 Å². The van der Waals surface area contributed by atoms with Crippen LogP contribution in [-0.4, -0.2) is 51.1 Å². The zero-order chi connectivity index (χ0) is 9.23. The standard InChI is InChI=1S/C8H20N2O2/c1-3-10-6-8(11)7-12-5-4-9-2/h8-11H,3-7H2,1-2H3. The van der Waals surface area contributed by atoms with Crippen molar-refractivity contribution in [2.45, 2.75) is 13.0 Å². The van der Waals surface area contributed by atoms with Gasteiger partial charge in [0.25, 0.3) is 0 Å². The van der Waals surface area contributed by atoms with E-state index in [-0.39, 0.29) is 6.10 Å². The van der Waals surface area contributed by atoms with E-state index in [1.54, 1.807) is 0 Å². The second-order valence-electron chi connectivity index (χ2n) is 2.64. The van der Waals surface area contributed by atoms with E-state index in [0.717, 1.165) is 13.1 Å². The molecule has 1 unspecified atom stereocenters. The van der Waals surface area contributed by atoms with Crippen molar-refractivity contribution in [2.24, 2.45) is 0 Å². The number of ether oxygens (including phenoxy) is 1. The summed E-state index contributed by atoms with van der Waals surface area (Å²) >= 11 is 0. The molecule has 0 saturated carbocycles. The van der Waals surface area contributed by atoms with E-state index in [9.17, 15) is 5.11 Å². The second-order valence-corrected chi connectivity index (χ2v) is 2.64. The van der Waals surface area contributed by atoms with Crippen LogP contribution in [0.5, 0.6) is 0 Å². The van der Waals surface area contributed by atoms with Crippen molar-refractivity contribution in [1.29, 1.82) is 0 Å². The molecular weight excluding hydrogens is 156 g/mol. The number of aliphatic hydroxyl groups is 1. The van der Waals surface area contributed by atoms with E-state index in [2.05, 4.69) is 10.6 Å². The molecule has 0 radical (unpaired) electrons. The van der Waals surface area contributed by atoms with E-state index < -0.39 is 0 Å². The van der Waals surface area contributed by atoms with Gasteiger partial charge >= 0.3 is 0 Å². The number of rotatable bonds is 8. The molecule has 4 heteroatoms. The molecule has 0 aliphatic carbocycles. The summed E-state index contributed by atoms with van der Waals surface area (Å²) in [5.74, 6) is 0. The Morgan fingerprint density at radius 2 is 2.25 bits per heavy atom. The Kier molecular flexibility index (Phi) is 8.81. The first kappa shape index (κ1) is 11.8. The molecule has 0 heterocycles. The van der Waals surface area contributed by atoms with Crippen LogP contribution in [0, 0.1) is 0 Å². The molecule has 0 aromatic heterocycles. The quantitative estimate of drug-likeness (QED) is 0.424.